The summed E-state index contributed by atoms with van der Waals surface area (Å²) in [6, 6.07) is 5.96. The van der Waals surface area contributed by atoms with Crippen LogP contribution in [0.3, 0.4) is 0 Å². The number of H-pyrrole nitrogens is 1. The number of benzene rings is 1. The second-order valence-corrected chi connectivity index (χ2v) is 7.67. The summed E-state index contributed by atoms with van der Waals surface area (Å²) in [5.74, 6) is 0.121. The van der Waals surface area contributed by atoms with E-state index in [1.807, 2.05) is 35.0 Å². The van der Waals surface area contributed by atoms with Gasteiger partial charge in [0.25, 0.3) is 5.91 Å². The number of likely N-dealkylation sites (tertiary alicyclic amines) is 2. The SMILES string of the molecule is CNC1CCCN(C(=O)C2CCCN(C(=O)c3ccc4[nH]ncc4c3)C2)C1. The minimum Gasteiger partial charge on any atom is -0.341 e. The van der Waals surface area contributed by atoms with Gasteiger partial charge >= 0.3 is 0 Å². The highest BCUT2D eigenvalue weighted by Crippen LogP contribution is 2.23. The molecule has 4 rings (SSSR count). The zero-order valence-corrected chi connectivity index (χ0v) is 15.8. The third-order valence-electron chi connectivity index (χ3n) is 5.89. The first-order chi connectivity index (χ1) is 13.2. The van der Waals surface area contributed by atoms with Crippen LogP contribution in [-0.4, -0.2) is 71.1 Å². The van der Waals surface area contributed by atoms with Crippen LogP contribution in [0.5, 0.6) is 0 Å². The lowest BCUT2D eigenvalue weighted by Gasteiger charge is -2.38. The summed E-state index contributed by atoms with van der Waals surface area (Å²) in [6.07, 6.45) is 5.62. The highest BCUT2D eigenvalue weighted by Gasteiger charge is 2.33. The molecular formula is C20H27N5O2. The Kier molecular flexibility index (Phi) is 5.11. The Morgan fingerprint density at radius 1 is 1.15 bits per heavy atom. The molecule has 7 nitrogen and oxygen atoms in total. The lowest BCUT2D eigenvalue weighted by molar-refractivity contribution is -0.138. The minimum absolute atomic E-state index is 0.00217. The van der Waals surface area contributed by atoms with Crippen LogP contribution in [0.1, 0.15) is 36.0 Å². The Bertz CT molecular complexity index is 833. The second-order valence-electron chi connectivity index (χ2n) is 7.67. The summed E-state index contributed by atoms with van der Waals surface area (Å²) in [5, 5.41) is 11.1. The Morgan fingerprint density at radius 2 is 1.96 bits per heavy atom. The molecule has 1 aromatic carbocycles. The third kappa shape index (κ3) is 3.69. The average Bonchev–Trinajstić information content (AvgIpc) is 3.20. The van der Waals surface area contributed by atoms with Gasteiger partial charge in [0.2, 0.25) is 5.91 Å². The van der Waals surface area contributed by atoms with E-state index >= 15 is 0 Å². The van der Waals surface area contributed by atoms with Crippen molar-refractivity contribution in [1.29, 1.82) is 0 Å². The molecule has 144 valence electrons. The number of aromatic amines is 1. The van der Waals surface area contributed by atoms with Gasteiger partial charge in [0.15, 0.2) is 0 Å². The van der Waals surface area contributed by atoms with Crippen molar-refractivity contribution in [2.75, 3.05) is 33.2 Å². The normalized spacial score (nSPS) is 23.6. The molecule has 2 fully saturated rings. The van der Waals surface area contributed by atoms with E-state index in [4.69, 9.17) is 0 Å². The van der Waals surface area contributed by atoms with E-state index in [-0.39, 0.29) is 17.7 Å². The zero-order valence-electron chi connectivity index (χ0n) is 15.8. The van der Waals surface area contributed by atoms with E-state index in [9.17, 15) is 9.59 Å². The number of fused-ring (bicyclic) bond motifs is 1. The molecule has 2 aromatic rings. The van der Waals surface area contributed by atoms with E-state index in [1.54, 1.807) is 6.20 Å². The first-order valence-corrected chi connectivity index (χ1v) is 9.84. The van der Waals surface area contributed by atoms with Gasteiger partial charge in [0.1, 0.15) is 0 Å². The highest BCUT2D eigenvalue weighted by atomic mass is 16.2. The molecule has 0 bridgehead atoms. The van der Waals surface area contributed by atoms with Crippen molar-refractivity contribution in [3.8, 4) is 0 Å². The summed E-state index contributed by atoms with van der Waals surface area (Å²) in [5.41, 5.74) is 1.58. The number of hydrogen-bond acceptors (Lipinski definition) is 4. The summed E-state index contributed by atoms with van der Waals surface area (Å²) < 4.78 is 0. The fourth-order valence-corrected chi connectivity index (χ4v) is 4.29. The van der Waals surface area contributed by atoms with Crippen molar-refractivity contribution in [2.45, 2.75) is 31.7 Å². The standard InChI is InChI=1S/C20H27N5O2/c1-21-17-5-3-9-25(13-17)20(27)15-4-2-8-24(12-15)19(26)14-6-7-18-16(10-14)11-22-23-18/h6-7,10-11,15,17,21H,2-5,8-9,12-13H2,1H3,(H,22,23). The van der Waals surface area contributed by atoms with Crippen LogP contribution in [-0.2, 0) is 4.79 Å². The largest absolute Gasteiger partial charge is 0.341 e. The van der Waals surface area contributed by atoms with Crippen LogP contribution in [0.25, 0.3) is 10.9 Å². The quantitative estimate of drug-likeness (QED) is 0.862. The lowest BCUT2D eigenvalue weighted by atomic mass is 9.94. The Hall–Kier alpha value is -2.41. The second kappa shape index (κ2) is 7.68. The Morgan fingerprint density at radius 3 is 2.81 bits per heavy atom. The molecule has 2 N–H and O–H groups in total. The molecule has 27 heavy (non-hydrogen) atoms. The van der Waals surface area contributed by atoms with Gasteiger partial charge in [-0.2, -0.15) is 5.10 Å². The van der Waals surface area contributed by atoms with Gasteiger partial charge in [-0.25, -0.2) is 0 Å². The molecule has 2 saturated heterocycles. The molecule has 2 amide bonds. The van der Waals surface area contributed by atoms with E-state index in [0.717, 1.165) is 49.7 Å². The molecule has 0 saturated carbocycles. The van der Waals surface area contributed by atoms with E-state index in [2.05, 4.69) is 15.5 Å². The van der Waals surface area contributed by atoms with Gasteiger partial charge in [-0.15, -0.1) is 0 Å². The number of nitrogens with one attached hydrogen (secondary N) is 2. The van der Waals surface area contributed by atoms with Crippen LogP contribution in [0, 0.1) is 5.92 Å². The van der Waals surface area contributed by atoms with Crippen molar-refractivity contribution < 1.29 is 9.59 Å². The average molecular weight is 369 g/mol. The van der Waals surface area contributed by atoms with E-state index < -0.39 is 0 Å². The monoisotopic (exact) mass is 369 g/mol. The maximum Gasteiger partial charge on any atom is 0.253 e. The topological polar surface area (TPSA) is 81.3 Å². The van der Waals surface area contributed by atoms with Gasteiger partial charge in [-0.3, -0.25) is 14.7 Å². The zero-order chi connectivity index (χ0) is 18.8. The predicted molar refractivity (Wildman–Crippen MR) is 103 cm³/mol. The molecule has 2 atom stereocenters. The molecule has 0 radical (unpaired) electrons. The van der Waals surface area contributed by atoms with E-state index in [0.29, 0.717) is 24.7 Å². The number of piperidine rings is 2. The van der Waals surface area contributed by atoms with Crippen LogP contribution in [0.2, 0.25) is 0 Å². The van der Waals surface area contributed by atoms with Crippen LogP contribution < -0.4 is 5.32 Å². The van der Waals surface area contributed by atoms with Crippen LogP contribution in [0.15, 0.2) is 24.4 Å². The van der Waals surface area contributed by atoms with Gasteiger partial charge in [-0.1, -0.05) is 0 Å². The van der Waals surface area contributed by atoms with E-state index in [1.165, 1.54) is 0 Å². The van der Waals surface area contributed by atoms with Gasteiger partial charge < -0.3 is 15.1 Å². The number of rotatable bonds is 3. The third-order valence-corrected chi connectivity index (χ3v) is 5.89. The summed E-state index contributed by atoms with van der Waals surface area (Å²) in [6.45, 7) is 2.84. The first kappa shape index (κ1) is 18.0. The smallest absolute Gasteiger partial charge is 0.253 e. The summed E-state index contributed by atoms with van der Waals surface area (Å²) in [7, 11) is 1.95. The number of likely N-dealkylation sites (N-methyl/N-ethyl adjacent to an activating group) is 1. The number of aromatic nitrogens is 2. The van der Waals surface area contributed by atoms with Gasteiger partial charge in [0.05, 0.1) is 17.6 Å². The number of hydrogen-bond donors (Lipinski definition) is 2. The lowest BCUT2D eigenvalue weighted by Crippen LogP contribution is -2.52. The molecule has 1 aromatic heterocycles. The minimum atomic E-state index is -0.0871. The molecule has 2 unspecified atom stereocenters. The number of amides is 2. The maximum atomic E-state index is 13.0. The molecule has 2 aliphatic heterocycles. The first-order valence-electron chi connectivity index (χ1n) is 9.84. The molecule has 0 aliphatic carbocycles. The van der Waals surface area contributed by atoms with Crippen molar-refractivity contribution >= 4 is 22.7 Å². The number of nitrogens with zero attached hydrogens (tertiary/aromatic N) is 3. The maximum absolute atomic E-state index is 13.0. The van der Waals surface area contributed by atoms with Gasteiger partial charge in [-0.05, 0) is 50.9 Å². The van der Waals surface area contributed by atoms with Crippen molar-refractivity contribution in [1.82, 2.24) is 25.3 Å². The summed E-state index contributed by atoms with van der Waals surface area (Å²) >= 11 is 0. The Balaban J connectivity index is 1.44. The number of carbonyl (C=O) groups is 2. The van der Waals surface area contributed by atoms with Crippen molar-refractivity contribution in [3.05, 3.63) is 30.0 Å². The van der Waals surface area contributed by atoms with Gasteiger partial charge in [0, 0.05) is 43.2 Å². The van der Waals surface area contributed by atoms with Crippen LogP contribution >= 0.6 is 0 Å². The summed E-state index contributed by atoms with van der Waals surface area (Å²) in [4.78, 5) is 29.8. The molecule has 7 heteroatoms. The fraction of sp³-hybridized carbons (Fsp3) is 0.550. The molecule has 2 aliphatic rings. The highest BCUT2D eigenvalue weighted by molar-refractivity contribution is 5.98. The van der Waals surface area contributed by atoms with Crippen molar-refractivity contribution in [2.24, 2.45) is 5.92 Å². The number of carbonyl (C=O) groups excluding carboxylic acids is 2. The molecular weight excluding hydrogens is 342 g/mol. The predicted octanol–water partition coefficient (Wildman–Crippen LogP) is 1.63. The molecule has 3 heterocycles. The Labute approximate surface area is 159 Å². The fourth-order valence-electron chi connectivity index (χ4n) is 4.29. The van der Waals surface area contributed by atoms with Crippen LogP contribution in [0.4, 0.5) is 0 Å². The van der Waals surface area contributed by atoms with Crippen molar-refractivity contribution in [3.63, 3.8) is 0 Å². The molecule has 0 spiro atoms.